The van der Waals surface area contributed by atoms with Crippen LogP contribution < -0.4 is 5.32 Å². The number of hydrogen-bond acceptors (Lipinski definition) is 3. The van der Waals surface area contributed by atoms with Crippen molar-refractivity contribution < 1.29 is 0 Å². The standard InChI is InChI=1S/C12H15N3/c13-9-11-4-1-5-12(15-11)14-8-2-3-10-6-7-10/h1,4-5,10H,2-3,6-8H2,(H,14,15). The predicted octanol–water partition coefficient (Wildman–Crippen LogP) is 2.56. The molecule has 1 fully saturated rings. The molecule has 0 bridgehead atoms. The number of rotatable bonds is 5. The molecule has 0 radical (unpaired) electrons. The van der Waals surface area contributed by atoms with Crippen LogP contribution in [0.15, 0.2) is 18.2 Å². The average molecular weight is 201 g/mol. The number of anilines is 1. The summed E-state index contributed by atoms with van der Waals surface area (Å²) < 4.78 is 0. The Morgan fingerprint density at radius 2 is 2.33 bits per heavy atom. The summed E-state index contributed by atoms with van der Waals surface area (Å²) >= 11 is 0. The van der Waals surface area contributed by atoms with E-state index in [2.05, 4.69) is 10.3 Å². The van der Waals surface area contributed by atoms with E-state index in [1.165, 1.54) is 25.7 Å². The van der Waals surface area contributed by atoms with Gasteiger partial charge in [-0.25, -0.2) is 4.98 Å². The van der Waals surface area contributed by atoms with E-state index in [1.807, 2.05) is 18.2 Å². The molecule has 2 rings (SSSR count). The van der Waals surface area contributed by atoms with E-state index in [4.69, 9.17) is 5.26 Å². The first-order valence-corrected chi connectivity index (χ1v) is 5.49. The minimum atomic E-state index is 0.474. The molecule has 3 heteroatoms. The Hall–Kier alpha value is -1.56. The summed E-state index contributed by atoms with van der Waals surface area (Å²) in [6, 6.07) is 7.51. The van der Waals surface area contributed by atoms with Gasteiger partial charge in [-0.3, -0.25) is 0 Å². The fourth-order valence-electron chi connectivity index (χ4n) is 1.61. The summed E-state index contributed by atoms with van der Waals surface area (Å²) in [6.07, 6.45) is 5.36. The SMILES string of the molecule is N#Cc1cccc(NCCCC2CC2)n1. The second-order valence-electron chi connectivity index (χ2n) is 4.03. The lowest BCUT2D eigenvalue weighted by Gasteiger charge is -2.04. The van der Waals surface area contributed by atoms with Crippen molar-refractivity contribution in [3.05, 3.63) is 23.9 Å². The minimum Gasteiger partial charge on any atom is -0.370 e. The summed E-state index contributed by atoms with van der Waals surface area (Å²) in [4.78, 5) is 4.15. The summed E-state index contributed by atoms with van der Waals surface area (Å²) in [5.74, 6) is 1.80. The van der Waals surface area contributed by atoms with Gasteiger partial charge in [0.25, 0.3) is 0 Å². The van der Waals surface area contributed by atoms with Gasteiger partial charge in [0.1, 0.15) is 17.6 Å². The molecule has 0 atom stereocenters. The molecular weight excluding hydrogens is 186 g/mol. The fourth-order valence-corrected chi connectivity index (χ4v) is 1.61. The Balaban J connectivity index is 1.74. The van der Waals surface area contributed by atoms with Crippen molar-refractivity contribution in [1.29, 1.82) is 5.26 Å². The van der Waals surface area contributed by atoms with Gasteiger partial charge in [0.2, 0.25) is 0 Å². The molecule has 0 unspecified atom stereocenters. The maximum Gasteiger partial charge on any atom is 0.142 e. The van der Waals surface area contributed by atoms with Crippen LogP contribution in [0.25, 0.3) is 0 Å². The highest BCUT2D eigenvalue weighted by Gasteiger charge is 2.19. The topological polar surface area (TPSA) is 48.7 Å². The maximum absolute atomic E-state index is 8.67. The third kappa shape index (κ3) is 3.25. The van der Waals surface area contributed by atoms with Crippen molar-refractivity contribution in [2.24, 2.45) is 5.92 Å². The Morgan fingerprint density at radius 1 is 1.47 bits per heavy atom. The molecule has 3 nitrogen and oxygen atoms in total. The third-order valence-electron chi connectivity index (χ3n) is 2.66. The number of aromatic nitrogens is 1. The van der Waals surface area contributed by atoms with Crippen molar-refractivity contribution in [3.8, 4) is 6.07 Å². The van der Waals surface area contributed by atoms with Crippen LogP contribution in [0, 0.1) is 17.2 Å². The largest absolute Gasteiger partial charge is 0.370 e. The average Bonchev–Trinajstić information content (AvgIpc) is 3.09. The number of pyridine rings is 1. The van der Waals surface area contributed by atoms with Gasteiger partial charge < -0.3 is 5.32 Å². The zero-order valence-electron chi connectivity index (χ0n) is 8.74. The van der Waals surface area contributed by atoms with Crippen LogP contribution in [0.4, 0.5) is 5.82 Å². The summed E-state index contributed by atoms with van der Waals surface area (Å²) in [6.45, 7) is 0.957. The van der Waals surface area contributed by atoms with Crippen LogP contribution >= 0.6 is 0 Å². The summed E-state index contributed by atoms with van der Waals surface area (Å²) in [7, 11) is 0. The van der Waals surface area contributed by atoms with E-state index >= 15 is 0 Å². The van der Waals surface area contributed by atoms with Crippen LogP contribution in [-0.4, -0.2) is 11.5 Å². The van der Waals surface area contributed by atoms with Crippen LogP contribution in [-0.2, 0) is 0 Å². The number of nitriles is 1. The fraction of sp³-hybridized carbons (Fsp3) is 0.500. The number of hydrogen-bond donors (Lipinski definition) is 1. The van der Waals surface area contributed by atoms with Crippen molar-refractivity contribution in [1.82, 2.24) is 4.98 Å². The normalized spacial score (nSPS) is 14.6. The van der Waals surface area contributed by atoms with E-state index < -0.39 is 0 Å². The van der Waals surface area contributed by atoms with Gasteiger partial charge in [-0.2, -0.15) is 5.26 Å². The van der Waals surface area contributed by atoms with Gasteiger partial charge in [0.05, 0.1) is 0 Å². The maximum atomic E-state index is 8.67. The molecule has 15 heavy (non-hydrogen) atoms. The second-order valence-corrected chi connectivity index (χ2v) is 4.03. The first-order valence-electron chi connectivity index (χ1n) is 5.49. The molecule has 0 aliphatic heterocycles. The lowest BCUT2D eigenvalue weighted by atomic mass is 10.2. The second kappa shape index (κ2) is 4.79. The molecule has 0 spiro atoms. The predicted molar refractivity (Wildman–Crippen MR) is 59.4 cm³/mol. The Bertz CT molecular complexity index is 363. The zero-order chi connectivity index (χ0) is 10.5. The van der Waals surface area contributed by atoms with Gasteiger partial charge >= 0.3 is 0 Å². The summed E-state index contributed by atoms with van der Waals surface area (Å²) in [5, 5.41) is 11.9. The molecule has 0 aromatic carbocycles. The van der Waals surface area contributed by atoms with Crippen LogP contribution in [0.1, 0.15) is 31.4 Å². The van der Waals surface area contributed by atoms with Gasteiger partial charge in [-0.05, 0) is 30.9 Å². The van der Waals surface area contributed by atoms with Crippen LogP contribution in [0.3, 0.4) is 0 Å². The Labute approximate surface area is 90.1 Å². The molecule has 1 aromatic rings. The molecular formula is C12H15N3. The Kier molecular flexibility index (Phi) is 3.18. The molecule has 1 saturated carbocycles. The molecule has 0 saturated heterocycles. The highest BCUT2D eigenvalue weighted by atomic mass is 15.0. The summed E-state index contributed by atoms with van der Waals surface area (Å²) in [5.41, 5.74) is 0.474. The van der Waals surface area contributed by atoms with E-state index in [0.29, 0.717) is 5.69 Å². The monoisotopic (exact) mass is 201 g/mol. The van der Waals surface area contributed by atoms with E-state index in [9.17, 15) is 0 Å². The quantitative estimate of drug-likeness (QED) is 0.745. The Morgan fingerprint density at radius 3 is 3.07 bits per heavy atom. The van der Waals surface area contributed by atoms with E-state index in [-0.39, 0.29) is 0 Å². The smallest absolute Gasteiger partial charge is 0.142 e. The molecule has 78 valence electrons. The highest BCUT2D eigenvalue weighted by molar-refractivity contribution is 5.38. The van der Waals surface area contributed by atoms with Crippen molar-refractivity contribution in [2.45, 2.75) is 25.7 Å². The van der Waals surface area contributed by atoms with Gasteiger partial charge in [0.15, 0.2) is 0 Å². The molecule has 1 N–H and O–H groups in total. The molecule has 1 aromatic heterocycles. The lowest BCUT2D eigenvalue weighted by Crippen LogP contribution is -2.03. The van der Waals surface area contributed by atoms with Crippen LogP contribution in [0.5, 0.6) is 0 Å². The first-order chi connectivity index (χ1) is 7.38. The zero-order valence-corrected chi connectivity index (χ0v) is 8.74. The number of nitrogens with zero attached hydrogens (tertiary/aromatic N) is 2. The van der Waals surface area contributed by atoms with Crippen LogP contribution in [0.2, 0.25) is 0 Å². The van der Waals surface area contributed by atoms with Crippen molar-refractivity contribution >= 4 is 5.82 Å². The lowest BCUT2D eigenvalue weighted by molar-refractivity contribution is 0.686. The van der Waals surface area contributed by atoms with Gasteiger partial charge in [-0.15, -0.1) is 0 Å². The van der Waals surface area contributed by atoms with Gasteiger partial charge in [0, 0.05) is 6.54 Å². The van der Waals surface area contributed by atoms with E-state index in [0.717, 1.165) is 18.3 Å². The molecule has 0 amide bonds. The van der Waals surface area contributed by atoms with Gasteiger partial charge in [-0.1, -0.05) is 18.9 Å². The first kappa shape index (κ1) is 9.97. The van der Waals surface area contributed by atoms with Crippen molar-refractivity contribution in [2.75, 3.05) is 11.9 Å². The molecule has 1 heterocycles. The van der Waals surface area contributed by atoms with E-state index in [1.54, 1.807) is 6.07 Å². The molecule has 1 aliphatic rings. The molecule has 1 aliphatic carbocycles. The number of nitrogens with one attached hydrogen (secondary N) is 1. The highest BCUT2D eigenvalue weighted by Crippen LogP contribution is 2.33. The van der Waals surface area contributed by atoms with Crippen molar-refractivity contribution in [3.63, 3.8) is 0 Å². The minimum absolute atomic E-state index is 0.474. The third-order valence-corrected chi connectivity index (χ3v) is 2.66.